The van der Waals surface area contributed by atoms with E-state index < -0.39 is 0 Å². The molecule has 2 N–H and O–H groups in total. The summed E-state index contributed by atoms with van der Waals surface area (Å²) < 4.78 is 12.9. The van der Waals surface area contributed by atoms with Crippen molar-refractivity contribution < 1.29 is 9.18 Å². The Morgan fingerprint density at radius 2 is 2.39 bits per heavy atom. The van der Waals surface area contributed by atoms with Gasteiger partial charge in [0.2, 0.25) is 0 Å². The van der Waals surface area contributed by atoms with Gasteiger partial charge in [-0.2, -0.15) is 0 Å². The fraction of sp³-hybridized carbons (Fsp3) is 0.500. The Balaban J connectivity index is 1.83. The Morgan fingerprint density at radius 1 is 1.56 bits per heavy atom. The summed E-state index contributed by atoms with van der Waals surface area (Å²) in [5.41, 5.74) is 1.23. The predicted octanol–water partition coefficient (Wildman–Crippen LogP) is 1.86. The van der Waals surface area contributed by atoms with E-state index in [1.807, 2.05) is 0 Å². The van der Waals surface area contributed by atoms with Gasteiger partial charge in [0.25, 0.3) is 5.91 Å². The molecule has 0 saturated carbocycles. The van der Waals surface area contributed by atoms with Crippen molar-refractivity contribution in [1.82, 2.24) is 10.6 Å². The van der Waals surface area contributed by atoms with Crippen molar-refractivity contribution in [3.63, 3.8) is 0 Å². The van der Waals surface area contributed by atoms with E-state index in [9.17, 15) is 9.18 Å². The molecule has 1 saturated heterocycles. The van der Waals surface area contributed by atoms with E-state index in [-0.39, 0.29) is 11.7 Å². The molecule has 1 aromatic carbocycles. The number of nitrogens with one attached hydrogen (secondary N) is 2. The average Bonchev–Trinajstić information content (AvgIpc) is 2.81. The van der Waals surface area contributed by atoms with Crippen LogP contribution in [0.25, 0.3) is 0 Å². The van der Waals surface area contributed by atoms with Crippen LogP contribution in [0, 0.1) is 18.7 Å². The number of amides is 1. The zero-order valence-corrected chi connectivity index (χ0v) is 10.6. The average molecular weight is 250 g/mol. The third-order valence-corrected chi connectivity index (χ3v) is 3.43. The number of rotatable bonds is 4. The lowest BCUT2D eigenvalue weighted by atomic mass is 10.0. The van der Waals surface area contributed by atoms with Gasteiger partial charge < -0.3 is 10.6 Å². The minimum Gasteiger partial charge on any atom is -0.352 e. The third-order valence-electron chi connectivity index (χ3n) is 3.43. The summed E-state index contributed by atoms with van der Waals surface area (Å²) in [4.78, 5) is 11.9. The smallest absolute Gasteiger partial charge is 0.251 e. The van der Waals surface area contributed by atoms with Crippen molar-refractivity contribution in [2.45, 2.75) is 19.8 Å². The lowest BCUT2D eigenvalue weighted by Crippen LogP contribution is -2.27. The summed E-state index contributed by atoms with van der Waals surface area (Å²) in [5, 5.41) is 6.20. The third kappa shape index (κ3) is 3.29. The number of hydrogen-bond acceptors (Lipinski definition) is 2. The lowest BCUT2D eigenvalue weighted by Gasteiger charge is -2.10. The first-order valence-electron chi connectivity index (χ1n) is 6.42. The number of carbonyl (C=O) groups excluding carboxylic acids is 1. The molecular weight excluding hydrogens is 231 g/mol. The van der Waals surface area contributed by atoms with Gasteiger partial charge in [-0.1, -0.05) is 0 Å². The summed E-state index contributed by atoms with van der Waals surface area (Å²) in [6.07, 6.45) is 2.18. The molecule has 1 fully saturated rings. The molecule has 1 heterocycles. The highest BCUT2D eigenvalue weighted by molar-refractivity contribution is 5.95. The largest absolute Gasteiger partial charge is 0.352 e. The maximum Gasteiger partial charge on any atom is 0.251 e. The minimum absolute atomic E-state index is 0.113. The van der Waals surface area contributed by atoms with Crippen LogP contribution in [0.1, 0.15) is 28.8 Å². The van der Waals surface area contributed by atoms with Crippen LogP contribution in [0.2, 0.25) is 0 Å². The number of aryl methyl sites for hydroxylation is 1. The van der Waals surface area contributed by atoms with Crippen molar-refractivity contribution in [3.05, 3.63) is 35.1 Å². The molecule has 0 radical (unpaired) electrons. The topological polar surface area (TPSA) is 41.1 Å². The summed E-state index contributed by atoms with van der Waals surface area (Å²) >= 11 is 0. The highest BCUT2D eigenvalue weighted by atomic mass is 19.1. The highest BCUT2D eigenvalue weighted by Gasteiger charge is 2.15. The van der Waals surface area contributed by atoms with Gasteiger partial charge in [-0.3, -0.25) is 4.79 Å². The summed E-state index contributed by atoms with van der Waals surface area (Å²) in [6, 6.07) is 4.25. The van der Waals surface area contributed by atoms with Crippen LogP contribution in [-0.2, 0) is 0 Å². The second-order valence-corrected chi connectivity index (χ2v) is 4.86. The molecule has 0 aliphatic carbocycles. The Labute approximate surface area is 107 Å². The SMILES string of the molecule is Cc1cc(F)ccc1C(=O)NCCC1CCNC1. The van der Waals surface area contributed by atoms with E-state index in [1.165, 1.54) is 24.6 Å². The molecule has 18 heavy (non-hydrogen) atoms. The molecule has 1 unspecified atom stereocenters. The second kappa shape index (κ2) is 5.96. The first-order valence-corrected chi connectivity index (χ1v) is 6.42. The van der Waals surface area contributed by atoms with Crippen LogP contribution in [0.15, 0.2) is 18.2 Å². The maximum atomic E-state index is 12.9. The van der Waals surface area contributed by atoms with Crippen molar-refractivity contribution in [1.29, 1.82) is 0 Å². The molecule has 1 aliphatic rings. The summed E-state index contributed by atoms with van der Waals surface area (Å²) in [5.74, 6) is 0.249. The van der Waals surface area contributed by atoms with Crippen LogP contribution in [-0.4, -0.2) is 25.5 Å². The van der Waals surface area contributed by atoms with Gasteiger partial charge in [-0.05, 0) is 62.5 Å². The van der Waals surface area contributed by atoms with Gasteiger partial charge in [0.05, 0.1) is 0 Å². The number of benzene rings is 1. The first-order chi connectivity index (χ1) is 8.66. The molecule has 0 bridgehead atoms. The van der Waals surface area contributed by atoms with Gasteiger partial charge in [0, 0.05) is 12.1 Å². The molecule has 0 aromatic heterocycles. The quantitative estimate of drug-likeness (QED) is 0.856. The van der Waals surface area contributed by atoms with Crippen LogP contribution < -0.4 is 10.6 Å². The summed E-state index contributed by atoms with van der Waals surface area (Å²) in [7, 11) is 0. The van der Waals surface area contributed by atoms with Gasteiger partial charge in [-0.15, -0.1) is 0 Å². The van der Waals surface area contributed by atoms with Crippen molar-refractivity contribution in [3.8, 4) is 0 Å². The van der Waals surface area contributed by atoms with Crippen LogP contribution in [0.5, 0.6) is 0 Å². The fourth-order valence-corrected chi connectivity index (χ4v) is 2.33. The van der Waals surface area contributed by atoms with Crippen LogP contribution in [0.3, 0.4) is 0 Å². The maximum absolute atomic E-state index is 12.9. The molecule has 0 spiro atoms. The van der Waals surface area contributed by atoms with Gasteiger partial charge >= 0.3 is 0 Å². The normalized spacial score (nSPS) is 18.9. The number of halogens is 1. The van der Waals surface area contributed by atoms with Gasteiger partial charge in [0.1, 0.15) is 5.82 Å². The molecule has 3 nitrogen and oxygen atoms in total. The Morgan fingerprint density at radius 3 is 3.06 bits per heavy atom. The van der Waals surface area contributed by atoms with Crippen LogP contribution in [0.4, 0.5) is 4.39 Å². The fourth-order valence-electron chi connectivity index (χ4n) is 2.33. The molecule has 1 atom stereocenters. The first kappa shape index (κ1) is 13.0. The Bertz CT molecular complexity index is 428. The minimum atomic E-state index is -0.305. The van der Waals surface area contributed by atoms with E-state index in [4.69, 9.17) is 0 Å². The van der Waals surface area contributed by atoms with Crippen molar-refractivity contribution in [2.24, 2.45) is 5.92 Å². The monoisotopic (exact) mass is 250 g/mol. The van der Waals surface area contributed by atoms with Gasteiger partial charge in [0.15, 0.2) is 0 Å². The van der Waals surface area contributed by atoms with Crippen LogP contribution >= 0.6 is 0 Å². The molecular formula is C14H19FN2O. The molecule has 98 valence electrons. The molecule has 4 heteroatoms. The van der Waals surface area contributed by atoms with Crippen molar-refractivity contribution >= 4 is 5.91 Å². The highest BCUT2D eigenvalue weighted by Crippen LogP contribution is 2.12. The van der Waals surface area contributed by atoms with E-state index >= 15 is 0 Å². The summed E-state index contributed by atoms with van der Waals surface area (Å²) in [6.45, 7) is 4.56. The molecule has 1 aliphatic heterocycles. The Kier molecular flexibility index (Phi) is 4.31. The molecule has 1 aromatic rings. The second-order valence-electron chi connectivity index (χ2n) is 4.86. The van der Waals surface area contributed by atoms with Crippen molar-refractivity contribution in [2.75, 3.05) is 19.6 Å². The Hall–Kier alpha value is -1.42. The van der Waals surface area contributed by atoms with E-state index in [1.54, 1.807) is 6.92 Å². The molecule has 2 rings (SSSR count). The lowest BCUT2D eigenvalue weighted by molar-refractivity contribution is 0.0951. The number of carbonyl (C=O) groups is 1. The predicted molar refractivity (Wildman–Crippen MR) is 69.1 cm³/mol. The van der Waals surface area contributed by atoms with Gasteiger partial charge in [-0.25, -0.2) is 4.39 Å². The molecule has 1 amide bonds. The standard InChI is InChI=1S/C14H19FN2O/c1-10-8-12(15)2-3-13(10)14(18)17-7-5-11-4-6-16-9-11/h2-3,8,11,16H,4-7,9H2,1H3,(H,17,18). The number of hydrogen-bond donors (Lipinski definition) is 2. The van der Waals surface area contributed by atoms with E-state index in [0.717, 1.165) is 19.5 Å². The van der Waals surface area contributed by atoms with E-state index in [0.29, 0.717) is 23.6 Å². The zero-order chi connectivity index (χ0) is 13.0. The van der Waals surface area contributed by atoms with E-state index in [2.05, 4.69) is 10.6 Å². The zero-order valence-electron chi connectivity index (χ0n) is 10.6.